The number of nitrogens with one attached hydrogen (secondary N) is 1. The van der Waals surface area contributed by atoms with Crippen molar-refractivity contribution >= 4 is 17.2 Å². The Morgan fingerprint density at radius 3 is 2.84 bits per heavy atom. The van der Waals surface area contributed by atoms with E-state index in [0.717, 1.165) is 55.5 Å². The number of aryl methyl sites for hydroxylation is 1. The lowest BCUT2D eigenvalue weighted by molar-refractivity contribution is -0.131. The molecule has 0 bridgehead atoms. The van der Waals surface area contributed by atoms with E-state index in [1.807, 2.05) is 17.3 Å². The first kappa shape index (κ1) is 14.5. The molecule has 1 aliphatic rings. The minimum atomic E-state index is 0.232. The van der Waals surface area contributed by atoms with Crippen molar-refractivity contribution in [1.82, 2.24) is 15.2 Å². The quantitative estimate of drug-likeness (QED) is 0.893. The average Bonchev–Trinajstić information content (AvgIpc) is 2.87. The summed E-state index contributed by atoms with van der Waals surface area (Å²) in [6.45, 7) is 4.96. The van der Waals surface area contributed by atoms with Crippen molar-refractivity contribution in [3.63, 3.8) is 0 Å². The summed E-state index contributed by atoms with van der Waals surface area (Å²) >= 11 is 1.66. The maximum atomic E-state index is 12.2. The van der Waals surface area contributed by atoms with Gasteiger partial charge < -0.3 is 10.2 Å². The molecule has 2 rings (SSSR count). The lowest BCUT2D eigenvalue weighted by Crippen LogP contribution is -2.41. The SMILES string of the molecule is CCc1nc(CC(=O)N2CCC(CNC)CC2)cs1. The third-order valence-electron chi connectivity index (χ3n) is 3.69. The first-order valence-corrected chi connectivity index (χ1v) is 7.96. The Labute approximate surface area is 119 Å². The van der Waals surface area contributed by atoms with Gasteiger partial charge in [0.15, 0.2) is 0 Å². The van der Waals surface area contributed by atoms with Crippen LogP contribution in [0.5, 0.6) is 0 Å². The molecule has 0 aliphatic carbocycles. The molecule has 1 saturated heterocycles. The van der Waals surface area contributed by atoms with Crippen LogP contribution in [0.25, 0.3) is 0 Å². The minimum Gasteiger partial charge on any atom is -0.342 e. The summed E-state index contributed by atoms with van der Waals surface area (Å²) in [5, 5.41) is 6.36. The van der Waals surface area contributed by atoms with Crippen molar-refractivity contribution in [1.29, 1.82) is 0 Å². The highest BCUT2D eigenvalue weighted by Crippen LogP contribution is 2.18. The number of carbonyl (C=O) groups excluding carboxylic acids is 1. The molecule has 1 fully saturated rings. The van der Waals surface area contributed by atoms with E-state index in [-0.39, 0.29) is 5.91 Å². The van der Waals surface area contributed by atoms with Gasteiger partial charge in [-0.25, -0.2) is 4.98 Å². The second-order valence-corrected chi connectivity index (χ2v) is 6.09. The lowest BCUT2D eigenvalue weighted by atomic mass is 9.96. The molecule has 1 aliphatic heterocycles. The van der Waals surface area contributed by atoms with Crippen LogP contribution in [-0.2, 0) is 17.6 Å². The fraction of sp³-hybridized carbons (Fsp3) is 0.714. The van der Waals surface area contributed by atoms with Crippen LogP contribution in [0, 0.1) is 5.92 Å². The van der Waals surface area contributed by atoms with E-state index in [9.17, 15) is 4.79 Å². The zero-order valence-electron chi connectivity index (χ0n) is 11.8. The zero-order chi connectivity index (χ0) is 13.7. The first-order valence-electron chi connectivity index (χ1n) is 7.08. The highest BCUT2D eigenvalue weighted by molar-refractivity contribution is 7.09. The van der Waals surface area contributed by atoms with Crippen LogP contribution >= 0.6 is 11.3 Å². The Morgan fingerprint density at radius 1 is 1.53 bits per heavy atom. The van der Waals surface area contributed by atoms with Gasteiger partial charge in [-0.05, 0) is 38.8 Å². The van der Waals surface area contributed by atoms with Gasteiger partial charge in [-0.15, -0.1) is 11.3 Å². The van der Waals surface area contributed by atoms with Crippen LogP contribution in [-0.4, -0.2) is 42.5 Å². The smallest absolute Gasteiger partial charge is 0.228 e. The Morgan fingerprint density at radius 2 is 2.26 bits per heavy atom. The molecule has 0 spiro atoms. The molecule has 4 nitrogen and oxygen atoms in total. The molecular formula is C14H23N3OS. The monoisotopic (exact) mass is 281 g/mol. The molecule has 0 aromatic carbocycles. The molecule has 1 aromatic heterocycles. The Bertz CT molecular complexity index is 411. The fourth-order valence-electron chi connectivity index (χ4n) is 2.53. The van der Waals surface area contributed by atoms with Gasteiger partial charge >= 0.3 is 0 Å². The van der Waals surface area contributed by atoms with Crippen LogP contribution in [0.3, 0.4) is 0 Å². The number of likely N-dealkylation sites (tertiary alicyclic amines) is 1. The van der Waals surface area contributed by atoms with Gasteiger partial charge in [0, 0.05) is 18.5 Å². The minimum absolute atomic E-state index is 0.232. The number of aromatic nitrogens is 1. The molecule has 0 atom stereocenters. The first-order chi connectivity index (χ1) is 9.22. The second-order valence-electron chi connectivity index (χ2n) is 5.14. The highest BCUT2D eigenvalue weighted by atomic mass is 32.1. The number of hydrogen-bond donors (Lipinski definition) is 1. The van der Waals surface area contributed by atoms with Crippen molar-refractivity contribution < 1.29 is 4.79 Å². The molecule has 1 aromatic rings. The van der Waals surface area contributed by atoms with E-state index in [4.69, 9.17) is 0 Å². The molecule has 0 radical (unpaired) electrons. The molecule has 106 valence electrons. The normalized spacial score (nSPS) is 16.8. The van der Waals surface area contributed by atoms with Crippen LogP contribution in [0.2, 0.25) is 0 Å². The van der Waals surface area contributed by atoms with Crippen LogP contribution < -0.4 is 5.32 Å². The van der Waals surface area contributed by atoms with E-state index in [1.54, 1.807) is 11.3 Å². The fourth-order valence-corrected chi connectivity index (χ4v) is 3.28. The molecule has 5 heteroatoms. The zero-order valence-corrected chi connectivity index (χ0v) is 12.6. The van der Waals surface area contributed by atoms with E-state index in [2.05, 4.69) is 17.2 Å². The summed E-state index contributed by atoms with van der Waals surface area (Å²) in [5.74, 6) is 0.955. The number of hydrogen-bond acceptors (Lipinski definition) is 4. The topological polar surface area (TPSA) is 45.2 Å². The predicted octanol–water partition coefficient (Wildman–Crippen LogP) is 1.71. The third-order valence-corrected chi connectivity index (χ3v) is 4.74. The van der Waals surface area contributed by atoms with Crippen LogP contribution in [0.4, 0.5) is 0 Å². The van der Waals surface area contributed by atoms with Gasteiger partial charge in [-0.2, -0.15) is 0 Å². The van der Waals surface area contributed by atoms with E-state index in [0.29, 0.717) is 6.42 Å². The van der Waals surface area contributed by atoms with E-state index < -0.39 is 0 Å². The maximum absolute atomic E-state index is 12.2. The number of nitrogens with zero attached hydrogens (tertiary/aromatic N) is 2. The Balaban J connectivity index is 1.81. The van der Waals surface area contributed by atoms with Crippen molar-refractivity contribution in [3.05, 3.63) is 16.1 Å². The van der Waals surface area contributed by atoms with Gasteiger partial charge in [0.2, 0.25) is 5.91 Å². The molecule has 2 heterocycles. The van der Waals surface area contributed by atoms with Gasteiger partial charge in [0.05, 0.1) is 17.1 Å². The number of amides is 1. The van der Waals surface area contributed by atoms with Gasteiger partial charge in [-0.1, -0.05) is 6.92 Å². The standard InChI is InChI=1S/C14H23N3OS/c1-3-13-16-12(10-19-13)8-14(18)17-6-4-11(5-7-17)9-15-2/h10-11,15H,3-9H2,1-2H3. The van der Waals surface area contributed by atoms with Crippen molar-refractivity contribution in [3.8, 4) is 0 Å². The maximum Gasteiger partial charge on any atom is 0.228 e. The molecule has 0 saturated carbocycles. The van der Waals surface area contributed by atoms with Gasteiger partial charge in [-0.3, -0.25) is 4.79 Å². The summed E-state index contributed by atoms with van der Waals surface area (Å²) < 4.78 is 0. The molecule has 1 N–H and O–H groups in total. The number of carbonyl (C=O) groups is 1. The molecule has 0 unspecified atom stereocenters. The summed E-state index contributed by atoms with van der Waals surface area (Å²) in [6, 6.07) is 0. The summed E-state index contributed by atoms with van der Waals surface area (Å²) in [7, 11) is 1.99. The van der Waals surface area contributed by atoms with Crippen molar-refractivity contribution in [2.75, 3.05) is 26.7 Å². The molecule has 1 amide bonds. The number of thiazole rings is 1. The van der Waals surface area contributed by atoms with Crippen molar-refractivity contribution in [2.24, 2.45) is 5.92 Å². The average molecular weight is 281 g/mol. The summed E-state index contributed by atoms with van der Waals surface area (Å²) in [6.07, 6.45) is 3.65. The Hall–Kier alpha value is -0.940. The largest absolute Gasteiger partial charge is 0.342 e. The summed E-state index contributed by atoms with van der Waals surface area (Å²) in [5.41, 5.74) is 0.934. The lowest BCUT2D eigenvalue weighted by Gasteiger charge is -2.31. The van der Waals surface area contributed by atoms with Crippen molar-refractivity contribution in [2.45, 2.75) is 32.6 Å². The van der Waals surface area contributed by atoms with Crippen LogP contribution in [0.1, 0.15) is 30.5 Å². The van der Waals surface area contributed by atoms with E-state index in [1.165, 1.54) is 0 Å². The Kier molecular flexibility index (Phi) is 5.34. The number of rotatable bonds is 5. The van der Waals surface area contributed by atoms with Gasteiger partial charge in [0.25, 0.3) is 0 Å². The summed E-state index contributed by atoms with van der Waals surface area (Å²) in [4.78, 5) is 18.7. The third kappa shape index (κ3) is 4.01. The molecular weight excluding hydrogens is 258 g/mol. The second kappa shape index (κ2) is 7.01. The predicted molar refractivity (Wildman–Crippen MR) is 78.4 cm³/mol. The van der Waals surface area contributed by atoms with Gasteiger partial charge in [0.1, 0.15) is 0 Å². The van der Waals surface area contributed by atoms with E-state index >= 15 is 0 Å². The highest BCUT2D eigenvalue weighted by Gasteiger charge is 2.22. The number of piperidine rings is 1. The molecule has 19 heavy (non-hydrogen) atoms. The van der Waals surface area contributed by atoms with Crippen LogP contribution in [0.15, 0.2) is 5.38 Å².